The van der Waals surface area contributed by atoms with E-state index >= 15 is 0 Å². The molecule has 4 nitrogen and oxygen atoms in total. The van der Waals surface area contributed by atoms with Gasteiger partial charge in [0.05, 0.1) is 5.69 Å². The minimum atomic E-state index is -3.91. The zero-order valence-corrected chi connectivity index (χ0v) is 11.9. The monoisotopic (exact) mass is 286 g/mol. The lowest BCUT2D eigenvalue weighted by atomic mass is 9.98. The number of anilines is 1. The van der Waals surface area contributed by atoms with Gasteiger partial charge in [0.25, 0.3) is 0 Å². The predicted octanol–water partition coefficient (Wildman–Crippen LogP) is 2.12. The van der Waals surface area contributed by atoms with Crippen LogP contribution in [-0.2, 0) is 10.0 Å². The number of hydrogen-bond donors (Lipinski definition) is 2. The van der Waals surface area contributed by atoms with Crippen molar-refractivity contribution in [3.63, 3.8) is 0 Å². The third-order valence-corrected chi connectivity index (χ3v) is 5.62. The van der Waals surface area contributed by atoms with E-state index in [0.29, 0.717) is 5.92 Å². The highest BCUT2D eigenvalue weighted by atomic mass is 32.2. The van der Waals surface area contributed by atoms with E-state index in [2.05, 4.69) is 11.6 Å². The molecule has 0 spiro atoms. The largest absolute Gasteiger partial charge is 0.398 e. The molecule has 3 unspecified atom stereocenters. The normalized spacial score (nSPS) is 27.6. The summed E-state index contributed by atoms with van der Waals surface area (Å²) in [7, 11) is -3.91. The highest BCUT2D eigenvalue weighted by molar-refractivity contribution is 7.89. The Balaban J connectivity index is 2.29. The summed E-state index contributed by atoms with van der Waals surface area (Å²) in [5.41, 5.74) is 5.52. The van der Waals surface area contributed by atoms with Crippen LogP contribution in [0, 0.1) is 17.7 Å². The maximum atomic E-state index is 13.7. The second-order valence-electron chi connectivity index (χ2n) is 5.30. The first-order valence-corrected chi connectivity index (χ1v) is 7.87. The first kappa shape index (κ1) is 14.3. The molecule has 2 rings (SSSR count). The van der Waals surface area contributed by atoms with Gasteiger partial charge in [0.15, 0.2) is 0 Å². The molecule has 6 heteroatoms. The predicted molar refractivity (Wildman–Crippen MR) is 72.5 cm³/mol. The summed E-state index contributed by atoms with van der Waals surface area (Å²) in [6, 6.07) is 3.73. The minimum absolute atomic E-state index is 0.0637. The van der Waals surface area contributed by atoms with E-state index in [1.54, 1.807) is 0 Å². The lowest BCUT2D eigenvalue weighted by Gasteiger charge is -2.20. The van der Waals surface area contributed by atoms with Crippen molar-refractivity contribution in [1.29, 1.82) is 0 Å². The van der Waals surface area contributed by atoms with Gasteiger partial charge in [0.2, 0.25) is 10.0 Å². The number of benzene rings is 1. The standard InChI is InChI=1S/C13H19FN2O2S/c1-8-6-7-12(9(8)2)16-19(17,18)13-10(14)4-3-5-11(13)15/h3-5,8-9,12,16H,6-7,15H2,1-2H3. The van der Waals surface area contributed by atoms with Gasteiger partial charge in [-0.2, -0.15) is 0 Å². The lowest BCUT2D eigenvalue weighted by molar-refractivity contribution is 0.401. The van der Waals surface area contributed by atoms with Crippen LogP contribution < -0.4 is 10.5 Å². The van der Waals surface area contributed by atoms with Crippen LogP contribution in [0.15, 0.2) is 23.1 Å². The number of nitrogen functional groups attached to an aromatic ring is 1. The van der Waals surface area contributed by atoms with E-state index in [-0.39, 0.29) is 17.6 Å². The Hall–Kier alpha value is -1.14. The molecule has 19 heavy (non-hydrogen) atoms. The lowest BCUT2D eigenvalue weighted by Crippen LogP contribution is -2.38. The van der Waals surface area contributed by atoms with Crippen molar-refractivity contribution in [2.75, 3.05) is 5.73 Å². The second kappa shape index (κ2) is 5.09. The van der Waals surface area contributed by atoms with E-state index in [1.807, 2.05) is 6.92 Å². The Labute approximate surface area is 113 Å². The van der Waals surface area contributed by atoms with E-state index < -0.39 is 20.7 Å². The van der Waals surface area contributed by atoms with Crippen LogP contribution in [0.25, 0.3) is 0 Å². The van der Waals surface area contributed by atoms with Crippen LogP contribution in [0.3, 0.4) is 0 Å². The van der Waals surface area contributed by atoms with Crippen LogP contribution in [0.5, 0.6) is 0 Å². The summed E-state index contributed by atoms with van der Waals surface area (Å²) < 4.78 is 40.8. The third kappa shape index (κ3) is 2.74. The van der Waals surface area contributed by atoms with E-state index in [0.717, 1.165) is 18.9 Å². The molecule has 1 aromatic carbocycles. The van der Waals surface area contributed by atoms with Crippen molar-refractivity contribution < 1.29 is 12.8 Å². The van der Waals surface area contributed by atoms with Gasteiger partial charge in [-0.1, -0.05) is 19.9 Å². The Kier molecular flexibility index (Phi) is 3.82. The van der Waals surface area contributed by atoms with Gasteiger partial charge in [0, 0.05) is 6.04 Å². The zero-order chi connectivity index (χ0) is 14.2. The van der Waals surface area contributed by atoms with Crippen molar-refractivity contribution >= 4 is 15.7 Å². The maximum Gasteiger partial charge on any atom is 0.245 e. The summed E-state index contributed by atoms with van der Waals surface area (Å²) in [4.78, 5) is -0.443. The molecule has 1 aromatic rings. The SMILES string of the molecule is CC1CCC(NS(=O)(=O)c2c(N)cccc2F)C1C. The van der Waals surface area contributed by atoms with Crippen LogP contribution in [0.1, 0.15) is 26.7 Å². The molecule has 1 aliphatic carbocycles. The number of nitrogens with two attached hydrogens (primary N) is 1. The summed E-state index contributed by atoms with van der Waals surface area (Å²) in [5, 5.41) is 0. The van der Waals surface area contributed by atoms with E-state index in [9.17, 15) is 12.8 Å². The molecule has 0 bridgehead atoms. The quantitative estimate of drug-likeness (QED) is 0.836. The maximum absolute atomic E-state index is 13.7. The van der Waals surface area contributed by atoms with Crippen LogP contribution in [0.2, 0.25) is 0 Å². The summed E-state index contributed by atoms with van der Waals surface area (Å²) in [6.45, 7) is 4.10. The Bertz CT molecular complexity index is 554. The van der Waals surface area contributed by atoms with Crippen molar-refractivity contribution in [2.45, 2.75) is 37.6 Å². The third-order valence-electron chi connectivity index (χ3n) is 4.04. The Morgan fingerprint density at radius 2 is 2.00 bits per heavy atom. The van der Waals surface area contributed by atoms with Gasteiger partial charge in [-0.3, -0.25) is 0 Å². The van der Waals surface area contributed by atoms with E-state index in [1.165, 1.54) is 12.1 Å². The molecule has 3 N–H and O–H groups in total. The van der Waals surface area contributed by atoms with E-state index in [4.69, 9.17) is 5.73 Å². The molecule has 0 aliphatic heterocycles. The zero-order valence-electron chi connectivity index (χ0n) is 11.1. The van der Waals surface area contributed by atoms with Gasteiger partial charge < -0.3 is 5.73 Å². The molecule has 0 aromatic heterocycles. The number of sulfonamides is 1. The van der Waals surface area contributed by atoms with Crippen LogP contribution in [0.4, 0.5) is 10.1 Å². The van der Waals surface area contributed by atoms with Gasteiger partial charge in [-0.15, -0.1) is 0 Å². The Morgan fingerprint density at radius 3 is 2.53 bits per heavy atom. The summed E-state index contributed by atoms with van der Waals surface area (Å²) in [6.07, 6.45) is 1.75. The van der Waals surface area contributed by atoms with Gasteiger partial charge >= 0.3 is 0 Å². The first-order valence-electron chi connectivity index (χ1n) is 6.39. The summed E-state index contributed by atoms with van der Waals surface area (Å²) in [5.74, 6) is -0.111. The molecule has 0 radical (unpaired) electrons. The Morgan fingerprint density at radius 1 is 1.32 bits per heavy atom. The summed E-state index contributed by atoms with van der Waals surface area (Å²) >= 11 is 0. The van der Waals surface area contributed by atoms with Crippen LogP contribution in [-0.4, -0.2) is 14.5 Å². The number of rotatable bonds is 3. The smallest absolute Gasteiger partial charge is 0.245 e. The molecule has 0 saturated heterocycles. The fraction of sp³-hybridized carbons (Fsp3) is 0.538. The molecular formula is C13H19FN2O2S. The number of halogens is 1. The van der Waals surface area contributed by atoms with Gasteiger partial charge in [-0.25, -0.2) is 17.5 Å². The average Bonchev–Trinajstić information content (AvgIpc) is 2.60. The molecule has 0 amide bonds. The topological polar surface area (TPSA) is 72.2 Å². The van der Waals surface area contributed by atoms with Crippen molar-refractivity contribution in [3.8, 4) is 0 Å². The van der Waals surface area contributed by atoms with Gasteiger partial charge in [0.1, 0.15) is 10.7 Å². The number of nitrogens with one attached hydrogen (secondary N) is 1. The number of hydrogen-bond acceptors (Lipinski definition) is 3. The highest BCUT2D eigenvalue weighted by Gasteiger charge is 2.34. The molecule has 1 aliphatic rings. The molecule has 1 saturated carbocycles. The van der Waals surface area contributed by atoms with Crippen molar-refractivity contribution in [2.24, 2.45) is 11.8 Å². The van der Waals surface area contributed by atoms with Gasteiger partial charge in [-0.05, 0) is 36.8 Å². The fourth-order valence-electron chi connectivity index (χ4n) is 2.60. The molecule has 106 valence electrons. The molecule has 1 fully saturated rings. The molecular weight excluding hydrogens is 267 g/mol. The van der Waals surface area contributed by atoms with Crippen molar-refractivity contribution in [3.05, 3.63) is 24.0 Å². The minimum Gasteiger partial charge on any atom is -0.398 e. The molecule has 0 heterocycles. The van der Waals surface area contributed by atoms with Crippen LogP contribution >= 0.6 is 0 Å². The average molecular weight is 286 g/mol. The molecule has 3 atom stereocenters. The fourth-order valence-corrected chi connectivity index (χ4v) is 4.15. The highest BCUT2D eigenvalue weighted by Crippen LogP contribution is 2.32. The first-order chi connectivity index (χ1) is 8.83. The van der Waals surface area contributed by atoms with Crippen molar-refractivity contribution in [1.82, 2.24) is 4.72 Å². The second-order valence-corrected chi connectivity index (χ2v) is 6.95.